The summed E-state index contributed by atoms with van der Waals surface area (Å²) in [5.41, 5.74) is 0.685. The maximum atomic E-state index is 3.79. The van der Waals surface area contributed by atoms with E-state index in [1.54, 1.807) is 0 Å². The molecule has 2 fully saturated rings. The lowest BCUT2D eigenvalue weighted by Gasteiger charge is -2.27. The molecule has 0 spiro atoms. The fourth-order valence-corrected chi connectivity index (χ4v) is 3.47. The van der Waals surface area contributed by atoms with Crippen LogP contribution in [0.2, 0.25) is 0 Å². The molecule has 0 unspecified atom stereocenters. The zero-order valence-corrected chi connectivity index (χ0v) is 10.3. The number of nitrogens with one attached hydrogen (secondary N) is 1. The highest BCUT2D eigenvalue weighted by Crippen LogP contribution is 2.51. The van der Waals surface area contributed by atoms with Gasteiger partial charge in [0.1, 0.15) is 0 Å². The number of hydrogen-bond acceptors (Lipinski definition) is 2. The van der Waals surface area contributed by atoms with E-state index in [-0.39, 0.29) is 0 Å². The molecule has 2 heteroatoms. The average Bonchev–Trinajstić information content (AvgIpc) is 2.97. The van der Waals surface area contributed by atoms with Crippen LogP contribution < -0.4 is 5.32 Å². The Bertz CT molecular complexity index is 181. The molecule has 1 aliphatic heterocycles. The molecule has 2 rings (SSSR count). The predicted octanol–water partition coefficient (Wildman–Crippen LogP) is 2.91. The Balaban J connectivity index is 1.71. The molecule has 1 heterocycles. The smallest absolute Gasteiger partial charge is 0.00830 e. The zero-order valence-electron chi connectivity index (χ0n) is 9.51. The topological polar surface area (TPSA) is 12.0 Å². The lowest BCUT2D eigenvalue weighted by atomic mass is 9.92. The van der Waals surface area contributed by atoms with Crippen LogP contribution in [0.1, 0.15) is 39.5 Å². The van der Waals surface area contributed by atoms with Crippen LogP contribution in [0.25, 0.3) is 0 Å². The summed E-state index contributed by atoms with van der Waals surface area (Å²) in [6.45, 7) is 6.04. The molecule has 2 aliphatic rings. The average molecular weight is 213 g/mol. The first-order valence-electron chi connectivity index (χ1n) is 6.04. The Labute approximate surface area is 92.4 Å². The third kappa shape index (κ3) is 2.46. The van der Waals surface area contributed by atoms with Gasteiger partial charge in [-0.05, 0) is 48.5 Å². The second kappa shape index (κ2) is 4.44. The van der Waals surface area contributed by atoms with Crippen molar-refractivity contribution >= 4 is 11.8 Å². The van der Waals surface area contributed by atoms with Crippen LogP contribution in [0.3, 0.4) is 0 Å². The fourth-order valence-electron chi connectivity index (χ4n) is 2.37. The Kier molecular flexibility index (Phi) is 3.43. The van der Waals surface area contributed by atoms with Gasteiger partial charge in [0, 0.05) is 12.6 Å². The van der Waals surface area contributed by atoms with E-state index in [4.69, 9.17) is 0 Å². The molecule has 0 aromatic rings. The van der Waals surface area contributed by atoms with Crippen LogP contribution in [-0.4, -0.2) is 24.1 Å². The van der Waals surface area contributed by atoms with Gasteiger partial charge < -0.3 is 5.32 Å². The summed E-state index contributed by atoms with van der Waals surface area (Å²) in [4.78, 5) is 0. The van der Waals surface area contributed by atoms with Gasteiger partial charge in [-0.25, -0.2) is 0 Å². The molecular weight excluding hydrogens is 190 g/mol. The molecule has 0 amide bonds. The summed E-state index contributed by atoms with van der Waals surface area (Å²) in [7, 11) is 0. The summed E-state index contributed by atoms with van der Waals surface area (Å²) < 4.78 is 0. The lowest BCUT2D eigenvalue weighted by molar-refractivity contribution is 0.314. The van der Waals surface area contributed by atoms with Gasteiger partial charge >= 0.3 is 0 Å². The summed E-state index contributed by atoms with van der Waals surface area (Å²) >= 11 is 2.11. The van der Waals surface area contributed by atoms with Crippen LogP contribution in [0.5, 0.6) is 0 Å². The summed E-state index contributed by atoms with van der Waals surface area (Å²) in [5.74, 6) is 3.60. The Morgan fingerprint density at radius 2 is 1.93 bits per heavy atom. The highest BCUT2D eigenvalue weighted by atomic mass is 32.2. The number of hydrogen-bond donors (Lipinski definition) is 1. The van der Waals surface area contributed by atoms with E-state index in [0.717, 1.165) is 12.0 Å². The van der Waals surface area contributed by atoms with Crippen molar-refractivity contribution in [3.8, 4) is 0 Å². The molecule has 1 N–H and O–H groups in total. The maximum absolute atomic E-state index is 3.79. The first-order chi connectivity index (χ1) is 6.73. The summed E-state index contributed by atoms with van der Waals surface area (Å²) in [6.07, 6.45) is 5.69. The van der Waals surface area contributed by atoms with Gasteiger partial charge in [-0.1, -0.05) is 13.8 Å². The normalized spacial score (nSPS) is 26.8. The molecule has 0 aromatic heterocycles. The molecule has 14 heavy (non-hydrogen) atoms. The molecule has 82 valence electrons. The van der Waals surface area contributed by atoms with Crippen molar-refractivity contribution in [3.63, 3.8) is 0 Å². The minimum atomic E-state index is 0.685. The Morgan fingerprint density at radius 1 is 1.29 bits per heavy atom. The zero-order chi connectivity index (χ0) is 10.0. The van der Waals surface area contributed by atoms with Crippen molar-refractivity contribution in [2.75, 3.05) is 18.1 Å². The van der Waals surface area contributed by atoms with Crippen LogP contribution in [-0.2, 0) is 0 Å². The van der Waals surface area contributed by atoms with Crippen molar-refractivity contribution in [2.24, 2.45) is 11.3 Å². The van der Waals surface area contributed by atoms with Crippen LogP contribution in [0, 0.1) is 11.3 Å². The van der Waals surface area contributed by atoms with Gasteiger partial charge in [0.2, 0.25) is 0 Å². The van der Waals surface area contributed by atoms with Gasteiger partial charge in [0.05, 0.1) is 0 Å². The largest absolute Gasteiger partial charge is 0.313 e. The molecule has 1 saturated heterocycles. The quantitative estimate of drug-likeness (QED) is 0.770. The van der Waals surface area contributed by atoms with Crippen molar-refractivity contribution in [3.05, 3.63) is 0 Å². The van der Waals surface area contributed by atoms with Crippen molar-refractivity contribution in [1.29, 1.82) is 0 Å². The van der Waals surface area contributed by atoms with E-state index in [1.807, 2.05) is 0 Å². The van der Waals surface area contributed by atoms with Crippen molar-refractivity contribution in [1.82, 2.24) is 5.32 Å². The summed E-state index contributed by atoms with van der Waals surface area (Å²) in [6, 6.07) is 0.826. The monoisotopic (exact) mass is 213 g/mol. The maximum Gasteiger partial charge on any atom is 0.00830 e. The Hall–Kier alpha value is 0.310. The highest BCUT2D eigenvalue weighted by molar-refractivity contribution is 7.99. The molecule has 1 nitrogen and oxygen atoms in total. The summed E-state index contributed by atoms with van der Waals surface area (Å²) in [5, 5.41) is 3.79. The lowest BCUT2D eigenvalue weighted by Crippen LogP contribution is -2.38. The van der Waals surface area contributed by atoms with Gasteiger partial charge in [0.15, 0.2) is 0 Å². The fraction of sp³-hybridized carbons (Fsp3) is 1.00. The van der Waals surface area contributed by atoms with Crippen LogP contribution in [0.4, 0.5) is 0 Å². The van der Waals surface area contributed by atoms with Gasteiger partial charge in [-0.3, -0.25) is 0 Å². The molecule has 0 bridgehead atoms. The number of rotatable bonds is 4. The first-order valence-corrected chi connectivity index (χ1v) is 7.19. The van der Waals surface area contributed by atoms with Crippen LogP contribution in [0.15, 0.2) is 0 Å². The standard InChI is InChI=1S/C12H23NS/c1-10(2)12(5-6-12)9-13-11-3-7-14-8-4-11/h10-11,13H,3-9H2,1-2H3. The SMILES string of the molecule is CC(C)C1(CNC2CCSCC2)CC1. The predicted molar refractivity (Wildman–Crippen MR) is 64.9 cm³/mol. The minimum Gasteiger partial charge on any atom is -0.313 e. The molecule has 0 radical (unpaired) electrons. The minimum absolute atomic E-state index is 0.685. The van der Waals surface area contributed by atoms with Crippen molar-refractivity contribution < 1.29 is 0 Å². The third-order valence-electron chi connectivity index (χ3n) is 4.08. The van der Waals surface area contributed by atoms with Gasteiger partial charge in [-0.2, -0.15) is 11.8 Å². The molecule has 0 atom stereocenters. The van der Waals surface area contributed by atoms with E-state index >= 15 is 0 Å². The van der Waals surface area contributed by atoms with Crippen molar-refractivity contribution in [2.45, 2.75) is 45.6 Å². The molecule has 1 aliphatic carbocycles. The first kappa shape index (κ1) is 10.8. The second-order valence-corrected chi connectivity index (χ2v) is 6.51. The van der Waals surface area contributed by atoms with Crippen LogP contribution >= 0.6 is 11.8 Å². The second-order valence-electron chi connectivity index (χ2n) is 5.28. The van der Waals surface area contributed by atoms with E-state index in [0.29, 0.717) is 5.41 Å². The van der Waals surface area contributed by atoms with Gasteiger partial charge in [-0.15, -0.1) is 0 Å². The third-order valence-corrected chi connectivity index (χ3v) is 5.13. The Morgan fingerprint density at radius 3 is 2.43 bits per heavy atom. The molecule has 1 saturated carbocycles. The van der Waals surface area contributed by atoms with E-state index in [2.05, 4.69) is 30.9 Å². The molecule has 0 aromatic carbocycles. The molecular formula is C12H23NS. The van der Waals surface area contributed by atoms with E-state index in [9.17, 15) is 0 Å². The number of thioether (sulfide) groups is 1. The van der Waals surface area contributed by atoms with Gasteiger partial charge in [0.25, 0.3) is 0 Å². The highest BCUT2D eigenvalue weighted by Gasteiger charge is 2.45. The van der Waals surface area contributed by atoms with E-state index < -0.39 is 0 Å². The van der Waals surface area contributed by atoms with E-state index in [1.165, 1.54) is 43.7 Å².